The van der Waals surface area contributed by atoms with Crippen LogP contribution in [0.1, 0.15) is 47.0 Å². The minimum atomic E-state index is -0.462. The standard InChI is InChI=1S/C48H32N2O8S/c1-29-6-3-8-33(24-29)57-35-10-5-11-36(26-35)58-34-9-4-7-30(25-34)50-47(53)42-23-17-38(28-44(42)48(50)54)56-32-14-20-40(21-15-32)59-39-18-12-31(13-19-39)55-37-16-22-41-43(27-37)46(52)49(2)45(41)51/h3-28H,1-2H3. The molecular weight excluding hydrogens is 765 g/mol. The molecule has 0 fully saturated rings. The molecule has 4 amide bonds. The van der Waals surface area contributed by atoms with E-state index >= 15 is 0 Å². The van der Waals surface area contributed by atoms with Gasteiger partial charge in [-0.05, 0) is 134 Å². The van der Waals surface area contributed by atoms with Crippen molar-refractivity contribution in [3.63, 3.8) is 0 Å². The van der Waals surface area contributed by atoms with Crippen LogP contribution in [-0.2, 0) is 0 Å². The maximum Gasteiger partial charge on any atom is 0.266 e. The molecule has 0 unspecified atom stereocenters. The highest BCUT2D eigenvalue weighted by atomic mass is 32.2. The average molecular weight is 797 g/mol. The second-order valence-electron chi connectivity index (χ2n) is 13.8. The second kappa shape index (κ2) is 15.4. The fraction of sp³-hybridized carbons (Fsp3) is 0.0417. The molecule has 0 aliphatic carbocycles. The van der Waals surface area contributed by atoms with Crippen LogP contribution < -0.4 is 23.8 Å². The molecular formula is C48H32N2O8S. The molecule has 2 heterocycles. The van der Waals surface area contributed by atoms with Crippen molar-refractivity contribution in [3.05, 3.63) is 186 Å². The van der Waals surface area contributed by atoms with Gasteiger partial charge >= 0.3 is 0 Å². The molecule has 2 aliphatic rings. The molecule has 0 bridgehead atoms. The number of aryl methyl sites for hydroxylation is 1. The summed E-state index contributed by atoms with van der Waals surface area (Å²) in [5.41, 5.74) is 2.68. The van der Waals surface area contributed by atoms with Gasteiger partial charge in [0.05, 0.1) is 27.9 Å². The number of anilines is 1. The molecule has 59 heavy (non-hydrogen) atoms. The summed E-state index contributed by atoms with van der Waals surface area (Å²) >= 11 is 1.55. The van der Waals surface area contributed by atoms with Crippen LogP contribution in [0.3, 0.4) is 0 Å². The molecule has 288 valence electrons. The number of rotatable bonds is 11. The first-order valence-electron chi connectivity index (χ1n) is 18.5. The van der Waals surface area contributed by atoms with Crippen molar-refractivity contribution in [1.29, 1.82) is 0 Å². The first-order chi connectivity index (χ1) is 28.6. The summed E-state index contributed by atoms with van der Waals surface area (Å²) in [6, 6.07) is 46.6. The van der Waals surface area contributed by atoms with Gasteiger partial charge in [-0.3, -0.25) is 24.1 Å². The van der Waals surface area contributed by atoms with Crippen molar-refractivity contribution in [2.45, 2.75) is 16.7 Å². The predicted molar refractivity (Wildman–Crippen MR) is 222 cm³/mol. The minimum absolute atomic E-state index is 0.242. The van der Waals surface area contributed by atoms with Gasteiger partial charge in [0.1, 0.15) is 46.0 Å². The number of benzene rings is 7. The lowest BCUT2D eigenvalue weighted by Crippen LogP contribution is -2.29. The summed E-state index contributed by atoms with van der Waals surface area (Å²) in [7, 11) is 1.46. The molecule has 0 N–H and O–H groups in total. The SMILES string of the molecule is Cc1cccc(Oc2cccc(Oc3cccc(N4C(=O)c5ccc(Oc6ccc(Sc7ccc(Oc8ccc9c(c8)C(=O)N(C)C9=O)cc7)cc6)cc5C4=O)c3)c2)c1. The Morgan fingerprint density at radius 2 is 0.797 bits per heavy atom. The van der Waals surface area contributed by atoms with Crippen LogP contribution in [0, 0.1) is 6.92 Å². The molecule has 0 radical (unpaired) electrons. The van der Waals surface area contributed by atoms with Crippen molar-refractivity contribution in [1.82, 2.24) is 4.90 Å². The number of ether oxygens (including phenoxy) is 4. The smallest absolute Gasteiger partial charge is 0.266 e. The number of imide groups is 2. The first-order valence-corrected chi connectivity index (χ1v) is 19.3. The van der Waals surface area contributed by atoms with Gasteiger partial charge in [-0.1, -0.05) is 36.0 Å². The Morgan fingerprint density at radius 1 is 0.390 bits per heavy atom. The van der Waals surface area contributed by atoms with E-state index in [1.807, 2.05) is 91.9 Å². The van der Waals surface area contributed by atoms with Crippen molar-refractivity contribution < 1.29 is 38.1 Å². The molecule has 0 saturated heterocycles. The van der Waals surface area contributed by atoms with E-state index in [2.05, 4.69) is 0 Å². The molecule has 0 saturated carbocycles. The largest absolute Gasteiger partial charge is 0.457 e. The van der Waals surface area contributed by atoms with E-state index in [1.165, 1.54) is 7.05 Å². The highest BCUT2D eigenvalue weighted by Gasteiger charge is 2.37. The zero-order valence-electron chi connectivity index (χ0n) is 31.6. The fourth-order valence-corrected chi connectivity index (χ4v) is 7.54. The molecule has 7 aromatic carbocycles. The number of amides is 4. The van der Waals surface area contributed by atoms with Gasteiger partial charge in [0, 0.05) is 29.0 Å². The highest BCUT2D eigenvalue weighted by Crippen LogP contribution is 2.37. The van der Waals surface area contributed by atoms with Gasteiger partial charge in [0.2, 0.25) is 0 Å². The first kappa shape index (κ1) is 37.0. The third-order valence-corrected chi connectivity index (χ3v) is 10.6. The number of hydrogen-bond donors (Lipinski definition) is 0. The summed E-state index contributed by atoms with van der Waals surface area (Å²) < 4.78 is 24.2. The number of nitrogens with zero attached hydrogens (tertiary/aromatic N) is 2. The summed E-state index contributed by atoms with van der Waals surface area (Å²) in [5.74, 6) is 2.76. The monoisotopic (exact) mass is 796 g/mol. The van der Waals surface area contributed by atoms with Gasteiger partial charge in [-0.15, -0.1) is 0 Å². The second-order valence-corrected chi connectivity index (χ2v) is 14.9. The van der Waals surface area contributed by atoms with Crippen LogP contribution in [-0.4, -0.2) is 35.6 Å². The van der Waals surface area contributed by atoms with E-state index in [0.717, 1.165) is 25.2 Å². The molecule has 9 rings (SSSR count). The van der Waals surface area contributed by atoms with E-state index < -0.39 is 11.8 Å². The molecule has 0 spiro atoms. The fourth-order valence-electron chi connectivity index (χ4n) is 6.72. The summed E-state index contributed by atoms with van der Waals surface area (Å²) in [4.78, 5) is 55.9. The van der Waals surface area contributed by atoms with Gasteiger partial charge in [0.15, 0.2) is 0 Å². The topological polar surface area (TPSA) is 112 Å². The van der Waals surface area contributed by atoms with Gasteiger partial charge < -0.3 is 18.9 Å². The molecule has 7 aromatic rings. The van der Waals surface area contributed by atoms with Gasteiger partial charge in [-0.25, -0.2) is 4.90 Å². The maximum atomic E-state index is 13.7. The van der Waals surface area contributed by atoms with Crippen LogP contribution in [0.5, 0.6) is 46.0 Å². The molecule has 0 aromatic heterocycles. The van der Waals surface area contributed by atoms with Crippen LogP contribution in [0.15, 0.2) is 168 Å². The Balaban J connectivity index is 0.821. The summed E-state index contributed by atoms with van der Waals surface area (Å²) in [5, 5.41) is 0. The van der Waals surface area contributed by atoms with Crippen molar-refractivity contribution in [2.24, 2.45) is 0 Å². The Hall–Kier alpha value is -7.63. The average Bonchev–Trinajstić information content (AvgIpc) is 3.61. The number of carbonyl (C=O) groups is 4. The zero-order chi connectivity index (χ0) is 40.6. The highest BCUT2D eigenvalue weighted by molar-refractivity contribution is 7.99. The molecule has 2 aliphatic heterocycles. The van der Waals surface area contributed by atoms with Crippen molar-refractivity contribution >= 4 is 41.1 Å². The number of fused-ring (bicyclic) bond motifs is 2. The molecule has 0 atom stereocenters. The third kappa shape index (κ3) is 7.62. The van der Waals surface area contributed by atoms with Crippen LogP contribution in [0.2, 0.25) is 0 Å². The van der Waals surface area contributed by atoms with E-state index in [4.69, 9.17) is 18.9 Å². The normalized spacial score (nSPS) is 13.1. The molecule has 11 heteroatoms. The Morgan fingerprint density at radius 3 is 1.37 bits per heavy atom. The predicted octanol–water partition coefficient (Wildman–Crippen LogP) is 11.3. The summed E-state index contributed by atoms with van der Waals surface area (Å²) in [6.07, 6.45) is 0. The lowest BCUT2D eigenvalue weighted by molar-refractivity contribution is 0.0692. The lowest BCUT2D eigenvalue weighted by Gasteiger charge is -2.15. The van der Waals surface area contributed by atoms with E-state index in [0.29, 0.717) is 62.8 Å². The third-order valence-electron chi connectivity index (χ3n) is 9.62. The van der Waals surface area contributed by atoms with Gasteiger partial charge in [-0.2, -0.15) is 0 Å². The Bertz CT molecular complexity index is 2820. The molecule has 10 nitrogen and oxygen atoms in total. The van der Waals surface area contributed by atoms with E-state index in [-0.39, 0.29) is 22.9 Å². The van der Waals surface area contributed by atoms with Crippen molar-refractivity contribution in [2.75, 3.05) is 11.9 Å². The quantitative estimate of drug-likeness (QED) is 0.118. The van der Waals surface area contributed by atoms with Crippen LogP contribution >= 0.6 is 11.8 Å². The number of carbonyl (C=O) groups excluding carboxylic acids is 4. The lowest BCUT2D eigenvalue weighted by atomic mass is 10.1. The van der Waals surface area contributed by atoms with Crippen molar-refractivity contribution in [3.8, 4) is 46.0 Å². The zero-order valence-corrected chi connectivity index (χ0v) is 32.4. The van der Waals surface area contributed by atoms with E-state index in [1.54, 1.807) is 84.6 Å². The van der Waals surface area contributed by atoms with Crippen LogP contribution in [0.4, 0.5) is 5.69 Å². The number of hydrogen-bond acceptors (Lipinski definition) is 9. The van der Waals surface area contributed by atoms with Crippen LogP contribution in [0.25, 0.3) is 0 Å². The van der Waals surface area contributed by atoms with Gasteiger partial charge in [0.25, 0.3) is 23.6 Å². The Kier molecular flexibility index (Phi) is 9.63. The Labute approximate surface area is 343 Å². The summed E-state index contributed by atoms with van der Waals surface area (Å²) in [6.45, 7) is 2.00. The maximum absolute atomic E-state index is 13.7. The minimum Gasteiger partial charge on any atom is -0.457 e. The van der Waals surface area contributed by atoms with E-state index in [9.17, 15) is 19.2 Å².